The van der Waals surface area contributed by atoms with Gasteiger partial charge in [0, 0.05) is 18.8 Å². The number of aryl methyl sites for hydroxylation is 1. The van der Waals surface area contributed by atoms with E-state index >= 15 is 0 Å². The van der Waals surface area contributed by atoms with Crippen molar-refractivity contribution in [3.05, 3.63) is 12.2 Å². The zero-order valence-corrected chi connectivity index (χ0v) is 14.2. The molecule has 0 saturated heterocycles. The minimum Gasteiger partial charge on any atom is -0.253 e. The zero-order chi connectivity index (χ0) is 14.1. The Morgan fingerprint density at radius 1 is 1.37 bits per heavy atom. The van der Waals surface area contributed by atoms with E-state index in [0.29, 0.717) is 10.8 Å². The van der Waals surface area contributed by atoms with Crippen molar-refractivity contribution in [2.75, 3.05) is 5.33 Å². The fourth-order valence-electron chi connectivity index (χ4n) is 3.27. The summed E-state index contributed by atoms with van der Waals surface area (Å²) in [5, 5.41) is 5.27. The van der Waals surface area contributed by atoms with Gasteiger partial charge in [0.1, 0.15) is 12.2 Å². The molecular weight excluding hydrogens is 302 g/mol. The summed E-state index contributed by atoms with van der Waals surface area (Å²) in [5.74, 6) is 1.98. The summed E-state index contributed by atoms with van der Waals surface area (Å²) in [6.45, 7) is 7.13. The second-order valence-electron chi connectivity index (χ2n) is 7.25. The molecule has 19 heavy (non-hydrogen) atoms. The van der Waals surface area contributed by atoms with E-state index in [0.717, 1.165) is 23.5 Å². The van der Waals surface area contributed by atoms with Crippen LogP contribution in [0, 0.1) is 16.7 Å². The Hall–Kier alpha value is -0.380. The van der Waals surface area contributed by atoms with Crippen LogP contribution < -0.4 is 0 Å². The fraction of sp³-hybridized carbons (Fsp3) is 0.867. The van der Waals surface area contributed by atoms with Crippen LogP contribution in [0.2, 0.25) is 0 Å². The van der Waals surface area contributed by atoms with E-state index < -0.39 is 0 Å². The number of nitrogens with zero attached hydrogens (tertiary/aromatic N) is 3. The summed E-state index contributed by atoms with van der Waals surface area (Å²) < 4.78 is 1.92. The Kier molecular flexibility index (Phi) is 4.38. The van der Waals surface area contributed by atoms with E-state index in [2.05, 4.69) is 46.8 Å². The van der Waals surface area contributed by atoms with Crippen LogP contribution in [0.3, 0.4) is 0 Å². The van der Waals surface area contributed by atoms with Crippen molar-refractivity contribution in [1.29, 1.82) is 0 Å². The first-order valence-corrected chi connectivity index (χ1v) is 8.37. The topological polar surface area (TPSA) is 30.7 Å². The lowest BCUT2D eigenvalue weighted by Crippen LogP contribution is -2.35. The molecule has 1 aromatic rings. The predicted octanol–water partition coefficient (Wildman–Crippen LogP) is 3.98. The molecule has 2 rings (SSSR count). The van der Waals surface area contributed by atoms with Gasteiger partial charge in [-0.05, 0) is 42.4 Å². The first kappa shape index (κ1) is 15.0. The average molecular weight is 328 g/mol. The molecule has 1 heterocycles. The molecule has 1 fully saturated rings. The van der Waals surface area contributed by atoms with Crippen molar-refractivity contribution in [2.24, 2.45) is 23.8 Å². The van der Waals surface area contributed by atoms with Crippen molar-refractivity contribution in [3.63, 3.8) is 0 Å². The SMILES string of the molecule is Cn1ncnc1CC1(CBr)CCC(C(C)(C)C)CC1. The minimum atomic E-state index is 0.378. The summed E-state index contributed by atoms with van der Waals surface area (Å²) in [5.41, 5.74) is 0.825. The van der Waals surface area contributed by atoms with E-state index in [4.69, 9.17) is 0 Å². The van der Waals surface area contributed by atoms with Gasteiger partial charge in [-0.2, -0.15) is 5.10 Å². The highest BCUT2D eigenvalue weighted by Gasteiger charge is 2.38. The van der Waals surface area contributed by atoms with Gasteiger partial charge in [-0.25, -0.2) is 4.98 Å². The highest BCUT2D eigenvalue weighted by molar-refractivity contribution is 9.09. The van der Waals surface area contributed by atoms with Gasteiger partial charge >= 0.3 is 0 Å². The maximum absolute atomic E-state index is 4.40. The van der Waals surface area contributed by atoms with Gasteiger partial charge in [0.15, 0.2) is 0 Å². The van der Waals surface area contributed by atoms with Gasteiger partial charge < -0.3 is 0 Å². The molecule has 0 aliphatic heterocycles. The lowest BCUT2D eigenvalue weighted by Gasteiger charge is -2.43. The summed E-state index contributed by atoms with van der Waals surface area (Å²) in [6, 6.07) is 0. The highest BCUT2D eigenvalue weighted by atomic mass is 79.9. The van der Waals surface area contributed by atoms with E-state index in [1.165, 1.54) is 25.7 Å². The van der Waals surface area contributed by atoms with Crippen molar-refractivity contribution in [2.45, 2.75) is 52.9 Å². The Morgan fingerprint density at radius 3 is 2.42 bits per heavy atom. The molecule has 0 radical (unpaired) electrons. The zero-order valence-electron chi connectivity index (χ0n) is 12.6. The van der Waals surface area contributed by atoms with Gasteiger partial charge in [-0.1, -0.05) is 36.7 Å². The van der Waals surface area contributed by atoms with E-state index in [-0.39, 0.29) is 0 Å². The summed E-state index contributed by atoms with van der Waals surface area (Å²) in [7, 11) is 1.99. The van der Waals surface area contributed by atoms with Gasteiger partial charge in [-0.3, -0.25) is 4.68 Å². The molecule has 0 aromatic carbocycles. The molecule has 1 aliphatic rings. The van der Waals surface area contributed by atoms with Crippen molar-refractivity contribution < 1.29 is 0 Å². The lowest BCUT2D eigenvalue weighted by molar-refractivity contribution is 0.101. The number of halogens is 1. The standard InChI is InChI=1S/C15H26BrN3/c1-14(2,3)12-5-7-15(10-16,8-6-12)9-13-17-11-18-19(13)4/h11-12H,5-10H2,1-4H3. The number of rotatable bonds is 3. The lowest BCUT2D eigenvalue weighted by atomic mass is 9.64. The fourth-order valence-corrected chi connectivity index (χ4v) is 4.03. The Labute approximate surface area is 125 Å². The van der Waals surface area contributed by atoms with Crippen LogP contribution in [0.25, 0.3) is 0 Å². The van der Waals surface area contributed by atoms with Crippen LogP contribution in [-0.2, 0) is 13.5 Å². The van der Waals surface area contributed by atoms with Crippen LogP contribution in [0.15, 0.2) is 6.33 Å². The van der Waals surface area contributed by atoms with E-state index in [1.807, 2.05) is 11.7 Å². The molecular formula is C15H26BrN3. The van der Waals surface area contributed by atoms with E-state index in [9.17, 15) is 0 Å². The third-order valence-corrected chi connectivity index (χ3v) is 6.08. The maximum atomic E-state index is 4.40. The minimum absolute atomic E-state index is 0.378. The first-order chi connectivity index (χ1) is 8.86. The second kappa shape index (κ2) is 5.55. The third-order valence-electron chi connectivity index (χ3n) is 4.89. The molecule has 0 atom stereocenters. The Balaban J connectivity index is 2.04. The number of aromatic nitrogens is 3. The molecule has 0 N–H and O–H groups in total. The van der Waals surface area contributed by atoms with Gasteiger partial charge in [0.25, 0.3) is 0 Å². The first-order valence-electron chi connectivity index (χ1n) is 7.25. The summed E-state index contributed by atoms with van der Waals surface area (Å²) in [4.78, 5) is 4.40. The van der Waals surface area contributed by atoms with Crippen LogP contribution in [0.1, 0.15) is 52.3 Å². The average Bonchev–Trinajstić information content (AvgIpc) is 2.74. The number of alkyl halides is 1. The van der Waals surface area contributed by atoms with Crippen LogP contribution in [0.4, 0.5) is 0 Å². The Morgan fingerprint density at radius 2 is 2.00 bits per heavy atom. The molecule has 0 spiro atoms. The summed E-state index contributed by atoms with van der Waals surface area (Å²) in [6.07, 6.45) is 7.99. The van der Waals surface area contributed by atoms with Crippen molar-refractivity contribution in [3.8, 4) is 0 Å². The molecule has 1 aromatic heterocycles. The quantitative estimate of drug-likeness (QED) is 0.786. The molecule has 0 bridgehead atoms. The van der Waals surface area contributed by atoms with E-state index in [1.54, 1.807) is 6.33 Å². The predicted molar refractivity (Wildman–Crippen MR) is 82.3 cm³/mol. The molecule has 1 saturated carbocycles. The summed E-state index contributed by atoms with van der Waals surface area (Å²) >= 11 is 3.75. The molecule has 3 nitrogen and oxygen atoms in total. The second-order valence-corrected chi connectivity index (χ2v) is 7.81. The number of hydrogen-bond acceptors (Lipinski definition) is 2. The molecule has 0 amide bonds. The maximum Gasteiger partial charge on any atom is 0.138 e. The molecule has 108 valence electrons. The van der Waals surface area contributed by atoms with Gasteiger partial charge in [0.05, 0.1) is 0 Å². The molecule has 4 heteroatoms. The monoisotopic (exact) mass is 327 g/mol. The van der Waals surface area contributed by atoms with Crippen LogP contribution >= 0.6 is 15.9 Å². The van der Waals surface area contributed by atoms with Gasteiger partial charge in [-0.15, -0.1) is 0 Å². The van der Waals surface area contributed by atoms with Gasteiger partial charge in [0.2, 0.25) is 0 Å². The largest absolute Gasteiger partial charge is 0.253 e. The van der Waals surface area contributed by atoms with Crippen LogP contribution in [0.5, 0.6) is 0 Å². The number of hydrogen-bond donors (Lipinski definition) is 0. The smallest absolute Gasteiger partial charge is 0.138 e. The molecule has 0 unspecified atom stereocenters. The molecule has 1 aliphatic carbocycles. The van der Waals surface area contributed by atoms with Crippen molar-refractivity contribution in [1.82, 2.24) is 14.8 Å². The van der Waals surface area contributed by atoms with Crippen molar-refractivity contribution >= 4 is 15.9 Å². The Bertz CT molecular complexity index is 411. The van der Waals surface area contributed by atoms with Crippen LogP contribution in [-0.4, -0.2) is 20.1 Å². The third kappa shape index (κ3) is 3.39. The highest BCUT2D eigenvalue weighted by Crippen LogP contribution is 2.47. The normalized spacial score (nSPS) is 28.6.